The Hall–Kier alpha value is -2.95. The van der Waals surface area contributed by atoms with Crippen LogP contribution in [0.2, 0.25) is 0 Å². The van der Waals surface area contributed by atoms with Crippen LogP contribution < -0.4 is 21.5 Å². The fraction of sp³-hybridized carbons (Fsp3) is 0.167. The third-order valence-corrected chi connectivity index (χ3v) is 3.79. The number of aromatic nitrogens is 1. The molecule has 3 rings (SSSR count). The molecule has 1 heterocycles. The number of hydrogen-bond acceptors (Lipinski definition) is 5. The van der Waals surface area contributed by atoms with Crippen LogP contribution in [0.4, 0.5) is 17.1 Å². The van der Waals surface area contributed by atoms with Crippen LogP contribution >= 0.6 is 0 Å². The van der Waals surface area contributed by atoms with Gasteiger partial charge in [-0.05, 0) is 24.1 Å². The highest BCUT2D eigenvalue weighted by molar-refractivity contribution is 5.78. The van der Waals surface area contributed by atoms with E-state index in [1.165, 1.54) is 0 Å². The molecule has 5 heteroatoms. The van der Waals surface area contributed by atoms with Crippen molar-refractivity contribution < 1.29 is 0 Å². The summed E-state index contributed by atoms with van der Waals surface area (Å²) in [6, 6.07) is 13.3. The zero-order valence-corrected chi connectivity index (χ0v) is 12.7. The van der Waals surface area contributed by atoms with Gasteiger partial charge in [0.15, 0.2) is 0 Å². The summed E-state index contributed by atoms with van der Waals surface area (Å²) in [6.45, 7) is 2.03. The van der Waals surface area contributed by atoms with E-state index in [2.05, 4.69) is 15.6 Å². The van der Waals surface area contributed by atoms with Gasteiger partial charge in [-0.2, -0.15) is 0 Å². The lowest BCUT2D eigenvalue weighted by Gasteiger charge is -2.22. The molecule has 1 atom stereocenters. The molecule has 0 bridgehead atoms. The van der Waals surface area contributed by atoms with Crippen LogP contribution in [-0.4, -0.2) is 4.98 Å². The molecular formula is C18H17N3O2. The Balaban J connectivity index is 1.85. The van der Waals surface area contributed by atoms with Crippen molar-refractivity contribution in [3.63, 3.8) is 0 Å². The number of pyridine rings is 1. The Kier molecular flexibility index (Phi) is 4.19. The first-order valence-electron chi connectivity index (χ1n) is 7.52. The van der Waals surface area contributed by atoms with Gasteiger partial charge in [-0.25, -0.2) is 0 Å². The second-order valence-corrected chi connectivity index (χ2v) is 5.28. The van der Waals surface area contributed by atoms with Gasteiger partial charge in [-0.15, -0.1) is 0 Å². The quantitative estimate of drug-likeness (QED) is 0.685. The summed E-state index contributed by atoms with van der Waals surface area (Å²) < 4.78 is 0. The van der Waals surface area contributed by atoms with Gasteiger partial charge in [0.1, 0.15) is 11.4 Å². The summed E-state index contributed by atoms with van der Waals surface area (Å²) in [5, 5.41) is 6.20. The van der Waals surface area contributed by atoms with Crippen LogP contribution in [0.3, 0.4) is 0 Å². The van der Waals surface area contributed by atoms with Crippen molar-refractivity contribution in [2.75, 3.05) is 10.6 Å². The minimum absolute atomic E-state index is 0.0162. The van der Waals surface area contributed by atoms with E-state index in [0.717, 1.165) is 17.7 Å². The molecule has 0 radical (unpaired) electrons. The lowest BCUT2D eigenvalue weighted by molar-refractivity contribution is 0.747. The largest absolute Gasteiger partial charge is 0.373 e. The van der Waals surface area contributed by atoms with Crippen LogP contribution in [-0.2, 0) is 0 Å². The maximum atomic E-state index is 11.9. The molecule has 116 valence electrons. The molecule has 0 unspecified atom stereocenters. The third-order valence-electron chi connectivity index (χ3n) is 3.79. The molecule has 1 aromatic heterocycles. The summed E-state index contributed by atoms with van der Waals surface area (Å²) in [6.07, 6.45) is 4.05. The van der Waals surface area contributed by atoms with E-state index in [-0.39, 0.29) is 6.04 Å². The zero-order chi connectivity index (χ0) is 16.2. The van der Waals surface area contributed by atoms with E-state index in [4.69, 9.17) is 0 Å². The average molecular weight is 307 g/mol. The van der Waals surface area contributed by atoms with Gasteiger partial charge >= 0.3 is 0 Å². The molecule has 3 aromatic rings. The zero-order valence-electron chi connectivity index (χ0n) is 12.7. The smallest absolute Gasteiger partial charge is 0.253 e. The first-order valence-corrected chi connectivity index (χ1v) is 7.52. The van der Waals surface area contributed by atoms with E-state index < -0.39 is 10.9 Å². The van der Waals surface area contributed by atoms with Crippen molar-refractivity contribution in [3.8, 4) is 0 Å². The SMILES string of the molecule is CC[C@@H](Nc1c(Nc2ccncc2)c(=O)c1=O)c1ccccc1. The summed E-state index contributed by atoms with van der Waals surface area (Å²) >= 11 is 0. The predicted molar refractivity (Wildman–Crippen MR) is 92.0 cm³/mol. The molecule has 0 saturated heterocycles. The van der Waals surface area contributed by atoms with Crippen LogP contribution in [0.1, 0.15) is 24.9 Å². The molecule has 2 N–H and O–H groups in total. The first kappa shape index (κ1) is 15.0. The van der Waals surface area contributed by atoms with Gasteiger partial charge < -0.3 is 10.6 Å². The van der Waals surface area contributed by atoms with E-state index in [1.807, 2.05) is 37.3 Å². The standard InChI is InChI=1S/C18H17N3O2/c1-2-14(12-6-4-3-5-7-12)21-16-15(17(22)18(16)23)20-13-8-10-19-11-9-13/h3-11,14,21H,2H2,1H3,(H,19,20)/t14-/m1/s1. The Bertz CT molecular complexity index is 853. The molecule has 0 fully saturated rings. The van der Waals surface area contributed by atoms with Crippen LogP contribution in [0.5, 0.6) is 0 Å². The molecule has 5 nitrogen and oxygen atoms in total. The van der Waals surface area contributed by atoms with Crippen molar-refractivity contribution >= 4 is 17.1 Å². The van der Waals surface area contributed by atoms with E-state index in [0.29, 0.717) is 11.4 Å². The second-order valence-electron chi connectivity index (χ2n) is 5.28. The third kappa shape index (κ3) is 2.99. The molecule has 0 spiro atoms. The molecule has 2 aromatic carbocycles. The number of hydrogen-bond donors (Lipinski definition) is 2. The molecule has 0 aliphatic rings. The minimum Gasteiger partial charge on any atom is -0.373 e. The van der Waals surface area contributed by atoms with Gasteiger partial charge in [0.05, 0.1) is 6.04 Å². The van der Waals surface area contributed by atoms with Crippen molar-refractivity contribution in [1.29, 1.82) is 0 Å². The highest BCUT2D eigenvalue weighted by atomic mass is 16.2. The maximum Gasteiger partial charge on any atom is 0.253 e. The molecule has 23 heavy (non-hydrogen) atoms. The monoisotopic (exact) mass is 307 g/mol. The first-order chi connectivity index (χ1) is 11.2. The topological polar surface area (TPSA) is 71.1 Å². The number of rotatable bonds is 6. The Morgan fingerprint density at radius 2 is 1.61 bits per heavy atom. The second kappa shape index (κ2) is 6.44. The fourth-order valence-electron chi connectivity index (χ4n) is 2.51. The molecule has 0 amide bonds. The summed E-state index contributed by atoms with van der Waals surface area (Å²) in [5.74, 6) is 0. The predicted octanol–water partition coefficient (Wildman–Crippen LogP) is 2.98. The number of nitrogens with one attached hydrogen (secondary N) is 2. The minimum atomic E-state index is -0.493. The Morgan fingerprint density at radius 1 is 0.957 bits per heavy atom. The highest BCUT2D eigenvalue weighted by Gasteiger charge is 2.23. The number of nitrogens with zero attached hydrogens (tertiary/aromatic N) is 1. The highest BCUT2D eigenvalue weighted by Crippen LogP contribution is 2.26. The van der Waals surface area contributed by atoms with Gasteiger partial charge in [0, 0.05) is 18.1 Å². The Morgan fingerprint density at radius 3 is 2.26 bits per heavy atom. The maximum absolute atomic E-state index is 11.9. The van der Waals surface area contributed by atoms with E-state index in [9.17, 15) is 9.59 Å². The molecule has 0 saturated carbocycles. The van der Waals surface area contributed by atoms with Crippen LogP contribution in [0, 0.1) is 0 Å². The van der Waals surface area contributed by atoms with Gasteiger partial charge in [-0.1, -0.05) is 37.3 Å². The molecule has 0 aliphatic carbocycles. The molecule has 0 aliphatic heterocycles. The van der Waals surface area contributed by atoms with Crippen LogP contribution in [0.25, 0.3) is 0 Å². The van der Waals surface area contributed by atoms with E-state index in [1.54, 1.807) is 24.5 Å². The van der Waals surface area contributed by atoms with Crippen molar-refractivity contribution in [3.05, 3.63) is 80.9 Å². The van der Waals surface area contributed by atoms with Crippen molar-refractivity contribution in [2.24, 2.45) is 0 Å². The van der Waals surface area contributed by atoms with E-state index >= 15 is 0 Å². The fourth-order valence-corrected chi connectivity index (χ4v) is 2.51. The average Bonchev–Trinajstić information content (AvgIpc) is 2.62. The summed E-state index contributed by atoms with van der Waals surface area (Å²) in [4.78, 5) is 27.7. The number of benzene rings is 1. The molecular weight excluding hydrogens is 290 g/mol. The van der Waals surface area contributed by atoms with Crippen molar-refractivity contribution in [2.45, 2.75) is 19.4 Å². The summed E-state index contributed by atoms with van der Waals surface area (Å²) in [5.41, 5.74) is 1.50. The van der Waals surface area contributed by atoms with Crippen LogP contribution in [0.15, 0.2) is 64.4 Å². The van der Waals surface area contributed by atoms with Gasteiger partial charge in [-0.3, -0.25) is 14.6 Å². The normalized spacial score (nSPS) is 12.0. The summed E-state index contributed by atoms with van der Waals surface area (Å²) in [7, 11) is 0. The number of anilines is 3. The van der Waals surface area contributed by atoms with Gasteiger partial charge in [0.25, 0.3) is 10.9 Å². The Labute approximate surface area is 133 Å². The van der Waals surface area contributed by atoms with Crippen molar-refractivity contribution in [1.82, 2.24) is 4.98 Å². The lowest BCUT2D eigenvalue weighted by Crippen LogP contribution is -2.37. The van der Waals surface area contributed by atoms with Gasteiger partial charge in [0.2, 0.25) is 0 Å². The lowest BCUT2D eigenvalue weighted by atomic mass is 10.0.